The summed E-state index contributed by atoms with van der Waals surface area (Å²) in [5.41, 5.74) is 5.22. The Labute approximate surface area is 70.0 Å². The van der Waals surface area contributed by atoms with Crippen molar-refractivity contribution in [2.45, 2.75) is 0 Å². The molecular formula is C9H8N2O. The number of nitrogens with zero attached hydrogens (tertiary/aromatic N) is 1. The molecule has 1 atom stereocenters. The van der Waals surface area contributed by atoms with Gasteiger partial charge in [-0.15, -0.1) is 0 Å². The highest BCUT2D eigenvalue weighted by molar-refractivity contribution is 6.19. The van der Waals surface area contributed by atoms with E-state index in [2.05, 4.69) is 4.99 Å². The predicted octanol–water partition coefficient (Wildman–Crippen LogP) is 0.552. The first-order chi connectivity index (χ1) is 5.76. The number of primary amides is 1. The molecule has 1 unspecified atom stereocenters. The van der Waals surface area contributed by atoms with E-state index < -0.39 is 5.41 Å². The van der Waals surface area contributed by atoms with Gasteiger partial charge in [-0.3, -0.25) is 9.79 Å². The van der Waals surface area contributed by atoms with Gasteiger partial charge in [-0.05, 0) is 12.2 Å². The van der Waals surface area contributed by atoms with Crippen LogP contribution in [0.2, 0.25) is 0 Å². The fourth-order valence-corrected chi connectivity index (χ4v) is 1.39. The molecule has 2 rings (SSSR count). The van der Waals surface area contributed by atoms with Crippen molar-refractivity contribution in [1.29, 1.82) is 0 Å². The van der Waals surface area contributed by atoms with Gasteiger partial charge in [0.05, 0.1) is 5.71 Å². The standard InChI is InChI=1S/C9H8N2O/c10-8(12)9-4-2-1-3-7(9)11-6-5-9/h1-6H,(H2,10,12). The lowest BCUT2D eigenvalue weighted by Crippen LogP contribution is -2.39. The quantitative estimate of drug-likeness (QED) is 0.598. The molecule has 0 aromatic heterocycles. The van der Waals surface area contributed by atoms with Crippen molar-refractivity contribution in [3.8, 4) is 0 Å². The molecule has 0 radical (unpaired) electrons. The van der Waals surface area contributed by atoms with Crippen LogP contribution in [0.25, 0.3) is 0 Å². The number of rotatable bonds is 1. The van der Waals surface area contributed by atoms with Crippen LogP contribution in [-0.4, -0.2) is 11.6 Å². The van der Waals surface area contributed by atoms with Crippen LogP contribution in [0.5, 0.6) is 0 Å². The van der Waals surface area contributed by atoms with Gasteiger partial charge in [0.2, 0.25) is 5.91 Å². The molecule has 0 spiro atoms. The van der Waals surface area contributed by atoms with E-state index in [0.717, 1.165) is 0 Å². The lowest BCUT2D eigenvalue weighted by atomic mass is 9.80. The fraction of sp³-hybridized carbons (Fsp3) is 0.111. The third-order valence-electron chi connectivity index (χ3n) is 2.11. The second-order valence-electron chi connectivity index (χ2n) is 2.78. The smallest absolute Gasteiger partial charge is 0.237 e. The van der Waals surface area contributed by atoms with Crippen LogP contribution in [0, 0.1) is 5.41 Å². The van der Waals surface area contributed by atoms with Crippen LogP contribution in [0.3, 0.4) is 0 Å². The first-order valence-corrected chi connectivity index (χ1v) is 3.67. The highest BCUT2D eigenvalue weighted by Gasteiger charge is 2.38. The monoisotopic (exact) mass is 160 g/mol. The van der Waals surface area contributed by atoms with Gasteiger partial charge in [-0.1, -0.05) is 18.2 Å². The van der Waals surface area contributed by atoms with Gasteiger partial charge < -0.3 is 5.73 Å². The molecule has 0 aromatic carbocycles. The zero-order valence-electron chi connectivity index (χ0n) is 6.40. The summed E-state index contributed by atoms with van der Waals surface area (Å²) in [6.45, 7) is 0. The van der Waals surface area contributed by atoms with E-state index in [0.29, 0.717) is 5.71 Å². The van der Waals surface area contributed by atoms with Gasteiger partial charge >= 0.3 is 0 Å². The molecule has 60 valence electrons. The predicted molar refractivity (Wildman–Crippen MR) is 46.5 cm³/mol. The van der Waals surface area contributed by atoms with Crippen LogP contribution in [0.4, 0.5) is 0 Å². The van der Waals surface area contributed by atoms with Crippen LogP contribution in [0.1, 0.15) is 0 Å². The third-order valence-corrected chi connectivity index (χ3v) is 2.11. The average molecular weight is 160 g/mol. The summed E-state index contributed by atoms with van der Waals surface area (Å²) in [6, 6.07) is 0. The van der Waals surface area contributed by atoms with Crippen LogP contribution in [0.15, 0.2) is 41.6 Å². The maximum absolute atomic E-state index is 11.2. The van der Waals surface area contributed by atoms with E-state index >= 15 is 0 Å². The third kappa shape index (κ3) is 0.704. The van der Waals surface area contributed by atoms with Gasteiger partial charge in [-0.25, -0.2) is 0 Å². The summed E-state index contributed by atoms with van der Waals surface area (Å²) in [5, 5.41) is 0. The number of carbonyl (C=O) groups is 1. The zero-order valence-corrected chi connectivity index (χ0v) is 6.40. The Kier molecular flexibility index (Phi) is 1.27. The molecule has 0 saturated heterocycles. The van der Waals surface area contributed by atoms with E-state index in [-0.39, 0.29) is 5.91 Å². The second-order valence-corrected chi connectivity index (χ2v) is 2.78. The summed E-state index contributed by atoms with van der Waals surface area (Å²) in [6.07, 6.45) is 10.5. The Morgan fingerprint density at radius 3 is 2.92 bits per heavy atom. The highest BCUT2D eigenvalue weighted by atomic mass is 16.1. The van der Waals surface area contributed by atoms with E-state index in [1.54, 1.807) is 30.5 Å². The Morgan fingerprint density at radius 1 is 1.42 bits per heavy atom. The number of amides is 1. The molecule has 2 aliphatic rings. The number of carbonyl (C=O) groups excluding carboxylic acids is 1. The molecule has 3 nitrogen and oxygen atoms in total. The Hall–Kier alpha value is -1.64. The van der Waals surface area contributed by atoms with Crippen LogP contribution >= 0.6 is 0 Å². The van der Waals surface area contributed by atoms with Gasteiger partial charge in [0, 0.05) is 6.20 Å². The maximum Gasteiger partial charge on any atom is 0.237 e. The molecule has 3 heteroatoms. The fourth-order valence-electron chi connectivity index (χ4n) is 1.39. The number of nitrogens with two attached hydrogens (primary N) is 1. The normalized spacial score (nSPS) is 30.2. The highest BCUT2D eigenvalue weighted by Crippen LogP contribution is 2.30. The van der Waals surface area contributed by atoms with E-state index in [9.17, 15) is 4.79 Å². The summed E-state index contributed by atoms with van der Waals surface area (Å²) in [5.74, 6) is -0.379. The molecule has 0 aromatic rings. The van der Waals surface area contributed by atoms with Crippen molar-refractivity contribution in [1.82, 2.24) is 0 Å². The topological polar surface area (TPSA) is 55.5 Å². The summed E-state index contributed by atoms with van der Waals surface area (Å²) in [7, 11) is 0. The van der Waals surface area contributed by atoms with Crippen LogP contribution in [-0.2, 0) is 4.79 Å². The summed E-state index contributed by atoms with van der Waals surface area (Å²) < 4.78 is 0. The van der Waals surface area contributed by atoms with Crippen LogP contribution < -0.4 is 5.73 Å². The second kappa shape index (κ2) is 2.17. The molecule has 1 heterocycles. The summed E-state index contributed by atoms with van der Waals surface area (Å²) >= 11 is 0. The van der Waals surface area contributed by atoms with Crippen molar-refractivity contribution in [2.24, 2.45) is 16.1 Å². The minimum absolute atomic E-state index is 0.379. The molecule has 1 aliphatic heterocycles. The first-order valence-electron chi connectivity index (χ1n) is 3.67. The van der Waals surface area contributed by atoms with E-state index in [1.165, 1.54) is 0 Å². The van der Waals surface area contributed by atoms with Crippen molar-refractivity contribution in [3.63, 3.8) is 0 Å². The molecule has 1 amide bonds. The lowest BCUT2D eigenvalue weighted by Gasteiger charge is -2.21. The molecule has 12 heavy (non-hydrogen) atoms. The number of fused-ring (bicyclic) bond motifs is 1. The minimum atomic E-state index is -0.769. The van der Waals surface area contributed by atoms with Gasteiger partial charge in [-0.2, -0.15) is 0 Å². The maximum atomic E-state index is 11.2. The number of hydrogen-bond acceptors (Lipinski definition) is 2. The van der Waals surface area contributed by atoms with Crippen molar-refractivity contribution in [3.05, 3.63) is 36.6 Å². The van der Waals surface area contributed by atoms with Gasteiger partial charge in [0.1, 0.15) is 5.41 Å². The van der Waals surface area contributed by atoms with E-state index in [4.69, 9.17) is 5.73 Å². The lowest BCUT2D eigenvalue weighted by molar-refractivity contribution is -0.120. The Balaban J connectivity index is 2.54. The average Bonchev–Trinajstić information content (AvgIpc) is 2.48. The van der Waals surface area contributed by atoms with Gasteiger partial charge in [0.25, 0.3) is 0 Å². The van der Waals surface area contributed by atoms with E-state index in [1.807, 2.05) is 6.08 Å². The largest absolute Gasteiger partial charge is 0.368 e. The molecule has 0 saturated carbocycles. The molecule has 1 aliphatic carbocycles. The van der Waals surface area contributed by atoms with Crippen molar-refractivity contribution in [2.75, 3.05) is 0 Å². The molecular weight excluding hydrogens is 152 g/mol. The first kappa shape index (κ1) is 7.03. The summed E-state index contributed by atoms with van der Waals surface area (Å²) in [4.78, 5) is 15.2. The number of hydrogen-bond donors (Lipinski definition) is 1. The SMILES string of the molecule is NC(=O)C12C=CC=CC1=NC=C2. The zero-order chi connectivity index (χ0) is 8.60. The number of aliphatic imine (C=N–C) groups is 1. The molecule has 2 N–H and O–H groups in total. The molecule has 0 bridgehead atoms. The van der Waals surface area contributed by atoms with Crippen molar-refractivity contribution >= 4 is 11.6 Å². The Morgan fingerprint density at radius 2 is 2.25 bits per heavy atom. The number of allylic oxidation sites excluding steroid dienone is 3. The van der Waals surface area contributed by atoms with Gasteiger partial charge in [0.15, 0.2) is 0 Å². The molecule has 0 fully saturated rings. The Bertz CT molecular complexity index is 350. The minimum Gasteiger partial charge on any atom is -0.368 e. The van der Waals surface area contributed by atoms with Crippen molar-refractivity contribution < 1.29 is 4.79 Å².